The predicted octanol–water partition coefficient (Wildman–Crippen LogP) is 3.51. The number of imidazole rings is 1. The van der Waals surface area contributed by atoms with Gasteiger partial charge < -0.3 is 9.88 Å². The Kier molecular flexibility index (Phi) is 4.93. The summed E-state index contributed by atoms with van der Waals surface area (Å²) in [6.07, 6.45) is 9.90. The Morgan fingerprint density at radius 2 is 2.03 bits per heavy atom. The highest BCUT2D eigenvalue weighted by atomic mass is 16.2. The summed E-state index contributed by atoms with van der Waals surface area (Å²) in [7, 11) is 0. The summed E-state index contributed by atoms with van der Waals surface area (Å²) in [5.74, 6) is 1.09. The monoisotopic (exact) mass is 398 g/mol. The van der Waals surface area contributed by atoms with E-state index in [-0.39, 0.29) is 5.91 Å². The van der Waals surface area contributed by atoms with Gasteiger partial charge in [0.1, 0.15) is 11.4 Å². The lowest BCUT2D eigenvalue weighted by atomic mass is 9.93. The third kappa shape index (κ3) is 3.78. The minimum Gasteiger partial charge on any atom is -0.343 e. The van der Waals surface area contributed by atoms with Gasteiger partial charge in [-0.25, -0.2) is 15.0 Å². The first kappa shape index (κ1) is 18.4. The van der Waals surface area contributed by atoms with Gasteiger partial charge in [0.2, 0.25) is 0 Å². The van der Waals surface area contributed by atoms with Crippen LogP contribution in [0, 0.1) is 5.92 Å². The molecule has 0 bridgehead atoms. The maximum atomic E-state index is 13.0. The number of likely N-dealkylation sites (tertiary alicyclic amines) is 1. The lowest BCUT2D eigenvalue weighted by molar-refractivity contribution is 0.0667. The van der Waals surface area contributed by atoms with Gasteiger partial charge in [0.05, 0.1) is 17.4 Å². The molecular formula is C23H22N6O. The van der Waals surface area contributed by atoms with Crippen LogP contribution in [0.2, 0.25) is 0 Å². The normalized spacial score (nSPS) is 16.7. The average molecular weight is 398 g/mol. The standard InChI is InChI=1S/C23H22N6O/c30-23(20-8-7-17-5-1-2-6-19(17)28-20)29-11-3-4-16(15-29)12-18-13-27-21(14-26-18)22-24-9-10-25-22/h1-2,5-10,13-14,16H,3-4,11-12,15H2,(H,24,25). The van der Waals surface area contributed by atoms with Crippen molar-refractivity contribution in [3.63, 3.8) is 0 Å². The topological polar surface area (TPSA) is 87.7 Å². The van der Waals surface area contributed by atoms with Gasteiger partial charge in [0.25, 0.3) is 5.91 Å². The maximum absolute atomic E-state index is 13.0. The van der Waals surface area contributed by atoms with Gasteiger partial charge in [-0.15, -0.1) is 0 Å². The fourth-order valence-electron chi connectivity index (χ4n) is 4.05. The third-order valence-corrected chi connectivity index (χ3v) is 5.57. The molecule has 1 unspecified atom stereocenters. The minimum absolute atomic E-state index is 0.00436. The highest BCUT2D eigenvalue weighted by Crippen LogP contribution is 2.22. The number of rotatable bonds is 4. The first-order valence-electron chi connectivity index (χ1n) is 10.2. The molecule has 1 aliphatic heterocycles. The summed E-state index contributed by atoms with van der Waals surface area (Å²) in [5, 5.41) is 1.04. The number of aromatic amines is 1. The van der Waals surface area contributed by atoms with E-state index in [9.17, 15) is 4.79 Å². The summed E-state index contributed by atoms with van der Waals surface area (Å²) in [4.78, 5) is 35.8. The lowest BCUT2D eigenvalue weighted by Gasteiger charge is -2.32. The van der Waals surface area contributed by atoms with Crippen molar-refractivity contribution in [3.8, 4) is 11.5 Å². The largest absolute Gasteiger partial charge is 0.343 e. The average Bonchev–Trinajstić information content (AvgIpc) is 3.34. The van der Waals surface area contributed by atoms with Crippen molar-refractivity contribution in [2.75, 3.05) is 13.1 Å². The van der Waals surface area contributed by atoms with Crippen LogP contribution in [0.1, 0.15) is 29.0 Å². The molecule has 1 fully saturated rings. The molecule has 30 heavy (non-hydrogen) atoms. The second-order valence-corrected chi connectivity index (χ2v) is 7.68. The molecule has 7 heteroatoms. The number of piperidine rings is 1. The summed E-state index contributed by atoms with van der Waals surface area (Å²) < 4.78 is 0. The Morgan fingerprint density at radius 3 is 2.87 bits per heavy atom. The first-order chi connectivity index (χ1) is 14.8. The number of carbonyl (C=O) groups excluding carboxylic acids is 1. The molecule has 5 rings (SSSR count). The smallest absolute Gasteiger partial charge is 0.272 e. The Morgan fingerprint density at radius 1 is 1.10 bits per heavy atom. The zero-order chi connectivity index (χ0) is 20.3. The Bertz CT molecular complexity index is 1160. The molecule has 1 saturated heterocycles. The van der Waals surface area contributed by atoms with Crippen molar-refractivity contribution in [1.29, 1.82) is 0 Å². The molecule has 1 N–H and O–H groups in total. The molecule has 1 aromatic carbocycles. The zero-order valence-corrected chi connectivity index (χ0v) is 16.5. The van der Waals surface area contributed by atoms with Crippen LogP contribution in [-0.2, 0) is 6.42 Å². The number of aromatic nitrogens is 5. The van der Waals surface area contributed by atoms with E-state index in [0.29, 0.717) is 17.4 Å². The minimum atomic E-state index is 0.00436. The van der Waals surface area contributed by atoms with E-state index in [1.54, 1.807) is 18.6 Å². The van der Waals surface area contributed by atoms with E-state index in [2.05, 4.69) is 24.9 Å². The summed E-state index contributed by atoms with van der Waals surface area (Å²) >= 11 is 0. The summed E-state index contributed by atoms with van der Waals surface area (Å²) in [6.45, 7) is 1.49. The Labute approximate surface area is 174 Å². The van der Waals surface area contributed by atoms with E-state index >= 15 is 0 Å². The van der Waals surface area contributed by atoms with Gasteiger partial charge in [0, 0.05) is 37.1 Å². The van der Waals surface area contributed by atoms with E-state index in [1.807, 2.05) is 47.5 Å². The fraction of sp³-hybridized carbons (Fsp3) is 0.261. The second kappa shape index (κ2) is 8.02. The Hall–Kier alpha value is -3.61. The van der Waals surface area contributed by atoms with Gasteiger partial charge in [-0.05, 0) is 37.3 Å². The van der Waals surface area contributed by atoms with Crippen molar-refractivity contribution in [1.82, 2.24) is 29.8 Å². The van der Waals surface area contributed by atoms with Gasteiger partial charge >= 0.3 is 0 Å². The Balaban J connectivity index is 1.26. The van der Waals surface area contributed by atoms with Crippen molar-refractivity contribution < 1.29 is 4.79 Å². The van der Waals surface area contributed by atoms with E-state index in [0.717, 1.165) is 54.6 Å². The van der Waals surface area contributed by atoms with E-state index in [4.69, 9.17) is 0 Å². The highest BCUT2D eigenvalue weighted by molar-refractivity contribution is 5.95. The number of nitrogens with zero attached hydrogens (tertiary/aromatic N) is 5. The first-order valence-corrected chi connectivity index (χ1v) is 10.2. The second-order valence-electron chi connectivity index (χ2n) is 7.68. The predicted molar refractivity (Wildman–Crippen MR) is 114 cm³/mol. The maximum Gasteiger partial charge on any atom is 0.272 e. The summed E-state index contributed by atoms with van der Waals surface area (Å²) in [5.41, 5.74) is 3.03. The molecule has 0 aliphatic carbocycles. The van der Waals surface area contributed by atoms with Crippen molar-refractivity contribution >= 4 is 16.8 Å². The molecule has 0 spiro atoms. The van der Waals surface area contributed by atoms with Crippen molar-refractivity contribution in [3.05, 3.63) is 72.6 Å². The molecular weight excluding hydrogens is 376 g/mol. The van der Waals surface area contributed by atoms with Crippen LogP contribution < -0.4 is 0 Å². The number of para-hydroxylation sites is 1. The number of carbonyl (C=O) groups is 1. The molecule has 4 aromatic rings. The molecule has 0 radical (unpaired) electrons. The number of hydrogen-bond acceptors (Lipinski definition) is 5. The molecule has 4 heterocycles. The quantitative estimate of drug-likeness (QED) is 0.568. The molecule has 7 nitrogen and oxygen atoms in total. The number of fused-ring (bicyclic) bond motifs is 1. The number of amides is 1. The van der Waals surface area contributed by atoms with Crippen molar-refractivity contribution in [2.45, 2.75) is 19.3 Å². The van der Waals surface area contributed by atoms with Crippen LogP contribution in [0.25, 0.3) is 22.4 Å². The van der Waals surface area contributed by atoms with Gasteiger partial charge in [-0.2, -0.15) is 0 Å². The molecule has 1 amide bonds. The van der Waals surface area contributed by atoms with Crippen LogP contribution in [-0.4, -0.2) is 48.8 Å². The molecule has 3 aromatic heterocycles. The lowest BCUT2D eigenvalue weighted by Crippen LogP contribution is -2.40. The van der Waals surface area contributed by atoms with Gasteiger partial charge in [-0.3, -0.25) is 9.78 Å². The third-order valence-electron chi connectivity index (χ3n) is 5.57. The fourth-order valence-corrected chi connectivity index (χ4v) is 4.05. The van der Waals surface area contributed by atoms with Gasteiger partial charge in [0.15, 0.2) is 5.82 Å². The molecule has 150 valence electrons. The zero-order valence-electron chi connectivity index (χ0n) is 16.5. The number of benzene rings is 1. The van der Waals surface area contributed by atoms with Crippen LogP contribution >= 0.6 is 0 Å². The van der Waals surface area contributed by atoms with Crippen LogP contribution in [0.15, 0.2) is 61.2 Å². The number of pyridine rings is 1. The number of hydrogen-bond donors (Lipinski definition) is 1. The molecule has 0 saturated carbocycles. The summed E-state index contributed by atoms with van der Waals surface area (Å²) in [6, 6.07) is 11.7. The SMILES string of the molecule is O=C(c1ccc2ccccc2n1)N1CCCC(Cc2cnc(-c3ncc[nH]3)cn2)C1. The highest BCUT2D eigenvalue weighted by Gasteiger charge is 2.26. The van der Waals surface area contributed by atoms with E-state index in [1.165, 1.54) is 0 Å². The van der Waals surface area contributed by atoms with E-state index < -0.39 is 0 Å². The molecule has 1 aliphatic rings. The number of nitrogens with one attached hydrogen (secondary N) is 1. The number of H-pyrrole nitrogens is 1. The molecule has 1 atom stereocenters. The van der Waals surface area contributed by atoms with Crippen LogP contribution in [0.3, 0.4) is 0 Å². The van der Waals surface area contributed by atoms with Crippen molar-refractivity contribution in [2.24, 2.45) is 5.92 Å². The van der Waals surface area contributed by atoms with Gasteiger partial charge in [-0.1, -0.05) is 24.3 Å². The van der Waals surface area contributed by atoms with Crippen LogP contribution in [0.4, 0.5) is 0 Å². The van der Waals surface area contributed by atoms with Crippen LogP contribution in [0.5, 0.6) is 0 Å².